The number of benzene rings is 2. The normalized spacial score (nSPS) is 19.0. The summed E-state index contributed by atoms with van der Waals surface area (Å²) in [7, 11) is 0. The molecular weight excluding hydrogens is 408 g/mol. The Bertz CT molecular complexity index is 1200. The van der Waals surface area contributed by atoms with Crippen molar-refractivity contribution in [3.8, 4) is 17.1 Å². The molecule has 2 aromatic carbocycles. The maximum Gasteiger partial charge on any atom is 0.319 e. The minimum Gasteiger partial charge on any atom is -0.462 e. The van der Waals surface area contributed by atoms with Crippen LogP contribution in [-0.2, 0) is 9.53 Å². The van der Waals surface area contributed by atoms with E-state index in [2.05, 4.69) is 15.2 Å². The van der Waals surface area contributed by atoms with Crippen LogP contribution in [0.1, 0.15) is 13.3 Å². The molecule has 4 aromatic rings. The van der Waals surface area contributed by atoms with Crippen molar-refractivity contribution in [2.45, 2.75) is 29.9 Å². The first kappa shape index (κ1) is 18.3. The first-order valence-electron chi connectivity index (χ1n) is 9.25. The quantitative estimate of drug-likeness (QED) is 0.473. The summed E-state index contributed by atoms with van der Waals surface area (Å²) in [6.07, 6.45) is 2.50. The molecule has 8 heteroatoms. The predicted octanol–water partition coefficient (Wildman–Crippen LogP) is 4.87. The number of hydrogen-bond acceptors (Lipinski definition) is 5. The lowest BCUT2D eigenvalue weighted by atomic mass is 10.1. The van der Waals surface area contributed by atoms with Crippen LogP contribution in [0.25, 0.3) is 28.0 Å². The number of H-pyrrole nitrogens is 1. The van der Waals surface area contributed by atoms with Crippen molar-refractivity contribution in [1.29, 1.82) is 0 Å². The number of para-hydroxylation sites is 1. The van der Waals surface area contributed by atoms with Crippen molar-refractivity contribution in [2.75, 3.05) is 0 Å². The molecule has 0 bridgehead atoms. The standard InChI is InChI=1S/C21H17ClN4O2S/c1-12-10-18(20(27)28-12)29-21-25-24-19(26(21)14-8-6-13(22)7-9-14)16-11-23-17-5-3-2-4-15(16)17/h2-9,11-12,18,23H,10H2,1H3/t12-,18-/m1/s1. The van der Waals surface area contributed by atoms with Crippen molar-refractivity contribution in [3.63, 3.8) is 0 Å². The minimum atomic E-state index is -0.295. The molecule has 1 aliphatic rings. The molecule has 6 nitrogen and oxygen atoms in total. The van der Waals surface area contributed by atoms with Crippen LogP contribution in [0.4, 0.5) is 0 Å². The Kier molecular flexibility index (Phi) is 4.56. The molecule has 5 rings (SSSR count). The molecule has 0 aliphatic carbocycles. The average molecular weight is 425 g/mol. The number of cyclic esters (lactones) is 1. The van der Waals surface area contributed by atoms with Gasteiger partial charge in [0.1, 0.15) is 11.4 Å². The van der Waals surface area contributed by atoms with Crippen molar-refractivity contribution >= 4 is 40.2 Å². The Morgan fingerprint density at radius 2 is 1.97 bits per heavy atom. The number of halogens is 1. The second-order valence-corrected chi connectivity index (χ2v) is 8.56. The first-order chi connectivity index (χ1) is 14.1. The van der Waals surface area contributed by atoms with E-state index < -0.39 is 0 Å². The van der Waals surface area contributed by atoms with Crippen LogP contribution in [0.2, 0.25) is 5.02 Å². The number of esters is 1. The third-order valence-corrected chi connectivity index (χ3v) is 6.32. The molecule has 0 radical (unpaired) electrons. The third kappa shape index (κ3) is 3.30. The Balaban J connectivity index is 1.64. The van der Waals surface area contributed by atoms with Crippen molar-refractivity contribution < 1.29 is 9.53 Å². The van der Waals surface area contributed by atoms with Gasteiger partial charge < -0.3 is 9.72 Å². The van der Waals surface area contributed by atoms with Crippen LogP contribution in [0, 0.1) is 0 Å². The molecule has 0 spiro atoms. The fraction of sp³-hybridized carbons (Fsp3) is 0.190. The van der Waals surface area contributed by atoms with Gasteiger partial charge in [-0.3, -0.25) is 9.36 Å². The molecule has 0 unspecified atom stereocenters. The van der Waals surface area contributed by atoms with Crippen molar-refractivity contribution in [2.24, 2.45) is 0 Å². The van der Waals surface area contributed by atoms with Gasteiger partial charge in [0.25, 0.3) is 0 Å². The molecule has 3 heterocycles. The predicted molar refractivity (Wildman–Crippen MR) is 113 cm³/mol. The van der Waals surface area contributed by atoms with Gasteiger partial charge in [0.15, 0.2) is 11.0 Å². The van der Waals surface area contributed by atoms with Gasteiger partial charge in [0, 0.05) is 39.8 Å². The van der Waals surface area contributed by atoms with E-state index in [1.807, 2.05) is 66.2 Å². The zero-order chi connectivity index (χ0) is 20.0. The number of ether oxygens (including phenoxy) is 1. The summed E-state index contributed by atoms with van der Waals surface area (Å²) < 4.78 is 7.27. The minimum absolute atomic E-state index is 0.0833. The molecule has 29 heavy (non-hydrogen) atoms. The lowest BCUT2D eigenvalue weighted by Gasteiger charge is -2.11. The lowest BCUT2D eigenvalue weighted by Crippen LogP contribution is -2.11. The summed E-state index contributed by atoms with van der Waals surface area (Å²) in [5, 5.41) is 11.0. The van der Waals surface area contributed by atoms with Gasteiger partial charge in [-0.2, -0.15) is 0 Å². The fourth-order valence-electron chi connectivity index (χ4n) is 3.54. The number of hydrogen-bond donors (Lipinski definition) is 1. The van der Waals surface area contributed by atoms with E-state index in [9.17, 15) is 4.79 Å². The largest absolute Gasteiger partial charge is 0.462 e. The first-order valence-corrected chi connectivity index (χ1v) is 10.5. The molecule has 0 saturated carbocycles. The molecule has 2 atom stereocenters. The van der Waals surface area contributed by atoms with Crippen molar-refractivity contribution in [3.05, 3.63) is 59.8 Å². The molecule has 2 aromatic heterocycles. The topological polar surface area (TPSA) is 72.8 Å². The van der Waals surface area contributed by atoms with E-state index in [1.165, 1.54) is 11.8 Å². The lowest BCUT2D eigenvalue weighted by molar-refractivity contribution is -0.140. The van der Waals surface area contributed by atoms with Gasteiger partial charge in [0.2, 0.25) is 0 Å². The molecule has 0 amide bonds. The van der Waals surface area contributed by atoms with E-state index in [0.29, 0.717) is 22.4 Å². The smallest absolute Gasteiger partial charge is 0.319 e. The van der Waals surface area contributed by atoms with Crippen LogP contribution in [0.3, 0.4) is 0 Å². The highest BCUT2D eigenvalue weighted by Crippen LogP contribution is 2.36. The van der Waals surface area contributed by atoms with E-state index in [4.69, 9.17) is 16.3 Å². The van der Waals surface area contributed by atoms with Crippen LogP contribution in [-0.4, -0.2) is 37.1 Å². The molecular formula is C21H17ClN4O2S. The summed E-state index contributed by atoms with van der Waals surface area (Å²) in [6, 6.07) is 15.5. The Labute approximate surface area is 176 Å². The summed E-state index contributed by atoms with van der Waals surface area (Å²) >= 11 is 7.47. The molecule has 1 saturated heterocycles. The summed E-state index contributed by atoms with van der Waals surface area (Å²) in [5.41, 5.74) is 2.84. The summed E-state index contributed by atoms with van der Waals surface area (Å²) in [5.74, 6) is 0.494. The van der Waals surface area contributed by atoms with E-state index in [1.54, 1.807) is 0 Å². The zero-order valence-corrected chi connectivity index (χ0v) is 17.1. The van der Waals surface area contributed by atoms with E-state index in [0.717, 1.165) is 22.2 Å². The number of nitrogens with zero attached hydrogens (tertiary/aromatic N) is 3. The molecule has 146 valence electrons. The van der Waals surface area contributed by atoms with Gasteiger partial charge in [-0.15, -0.1) is 10.2 Å². The SMILES string of the molecule is C[C@@H]1C[C@@H](Sc2nnc(-c3c[nH]c4ccccc34)n2-c2ccc(Cl)cc2)C(=O)O1. The number of aromatic nitrogens is 4. The highest BCUT2D eigenvalue weighted by Gasteiger charge is 2.34. The number of fused-ring (bicyclic) bond motifs is 1. The molecule has 1 N–H and O–H groups in total. The van der Waals surface area contributed by atoms with Gasteiger partial charge >= 0.3 is 5.97 Å². The maximum absolute atomic E-state index is 12.2. The number of rotatable bonds is 4. The number of carbonyl (C=O) groups is 1. The number of nitrogens with one attached hydrogen (secondary N) is 1. The van der Waals surface area contributed by atoms with Crippen LogP contribution in [0.15, 0.2) is 59.9 Å². The van der Waals surface area contributed by atoms with Gasteiger partial charge in [-0.25, -0.2) is 0 Å². The molecule has 1 aliphatic heterocycles. The monoisotopic (exact) mass is 424 g/mol. The Morgan fingerprint density at radius 3 is 2.72 bits per heavy atom. The van der Waals surface area contributed by atoms with Crippen LogP contribution >= 0.6 is 23.4 Å². The second kappa shape index (κ2) is 7.24. The highest BCUT2D eigenvalue weighted by atomic mass is 35.5. The number of aromatic amines is 1. The Morgan fingerprint density at radius 1 is 1.17 bits per heavy atom. The third-order valence-electron chi connectivity index (χ3n) is 4.92. The number of carbonyl (C=O) groups excluding carboxylic acids is 1. The highest BCUT2D eigenvalue weighted by molar-refractivity contribution is 8.00. The van der Waals surface area contributed by atoms with Crippen LogP contribution < -0.4 is 0 Å². The van der Waals surface area contributed by atoms with E-state index in [-0.39, 0.29) is 17.3 Å². The van der Waals surface area contributed by atoms with Crippen molar-refractivity contribution in [1.82, 2.24) is 19.7 Å². The molecule has 1 fully saturated rings. The summed E-state index contributed by atoms with van der Waals surface area (Å²) in [6.45, 7) is 1.90. The average Bonchev–Trinajstić information content (AvgIpc) is 3.40. The maximum atomic E-state index is 12.2. The zero-order valence-electron chi connectivity index (χ0n) is 15.5. The van der Waals surface area contributed by atoms with E-state index >= 15 is 0 Å². The van der Waals surface area contributed by atoms with Gasteiger partial charge in [0.05, 0.1) is 0 Å². The Hall–Kier alpha value is -2.77. The summed E-state index contributed by atoms with van der Waals surface area (Å²) in [4.78, 5) is 15.5. The fourth-order valence-corrected chi connectivity index (χ4v) is 4.83. The van der Waals surface area contributed by atoms with Gasteiger partial charge in [-0.05, 0) is 37.3 Å². The van der Waals surface area contributed by atoms with Gasteiger partial charge in [-0.1, -0.05) is 41.6 Å². The van der Waals surface area contributed by atoms with Crippen LogP contribution in [0.5, 0.6) is 0 Å². The second-order valence-electron chi connectivity index (χ2n) is 6.96. The number of thioether (sulfide) groups is 1.